The fraction of sp³-hybridized carbons (Fsp3) is 0.267. The molecule has 2 aromatic rings. The number of hydrogen-bond acceptors (Lipinski definition) is 1. The van der Waals surface area contributed by atoms with Gasteiger partial charge in [-0.2, -0.15) is 0 Å². The van der Waals surface area contributed by atoms with E-state index in [9.17, 15) is 4.79 Å². The normalized spacial score (nSPS) is 14.9. The summed E-state index contributed by atoms with van der Waals surface area (Å²) in [4.78, 5) is 11.7. The van der Waals surface area contributed by atoms with Crippen molar-refractivity contribution < 1.29 is 4.79 Å². The van der Waals surface area contributed by atoms with Crippen LogP contribution in [-0.4, -0.2) is 5.91 Å². The zero-order valence-electron chi connectivity index (χ0n) is 9.86. The van der Waals surface area contributed by atoms with Crippen molar-refractivity contribution in [3.63, 3.8) is 0 Å². The molecule has 0 heterocycles. The Labute approximate surface area is 101 Å². The van der Waals surface area contributed by atoms with Gasteiger partial charge < -0.3 is 5.32 Å². The SMILES string of the molecule is Cc1ccc2cc(NC(=O)C3CC3)ccc2c1. The number of nitrogens with one attached hydrogen (secondary N) is 1. The van der Waals surface area contributed by atoms with Crippen molar-refractivity contribution in [2.75, 3.05) is 5.32 Å². The predicted molar refractivity (Wildman–Crippen MR) is 70.0 cm³/mol. The van der Waals surface area contributed by atoms with Crippen LogP contribution in [0.4, 0.5) is 5.69 Å². The van der Waals surface area contributed by atoms with Gasteiger partial charge in [0.05, 0.1) is 0 Å². The van der Waals surface area contributed by atoms with Gasteiger partial charge in [0.25, 0.3) is 0 Å². The van der Waals surface area contributed by atoms with Crippen molar-refractivity contribution in [3.8, 4) is 0 Å². The second-order valence-corrected chi connectivity index (χ2v) is 4.83. The van der Waals surface area contributed by atoms with Crippen LogP contribution in [-0.2, 0) is 4.79 Å². The zero-order valence-corrected chi connectivity index (χ0v) is 9.86. The van der Waals surface area contributed by atoms with Gasteiger partial charge in [-0.3, -0.25) is 4.79 Å². The highest BCUT2D eigenvalue weighted by Gasteiger charge is 2.29. The average Bonchev–Trinajstić information content (AvgIpc) is 3.13. The average molecular weight is 225 g/mol. The van der Waals surface area contributed by atoms with E-state index in [2.05, 4.69) is 36.5 Å². The maximum atomic E-state index is 11.7. The summed E-state index contributed by atoms with van der Waals surface area (Å²) < 4.78 is 0. The molecule has 0 bridgehead atoms. The van der Waals surface area contributed by atoms with Crippen LogP contribution < -0.4 is 5.32 Å². The highest BCUT2D eigenvalue weighted by atomic mass is 16.2. The van der Waals surface area contributed by atoms with E-state index in [1.54, 1.807) is 0 Å². The first-order chi connectivity index (χ1) is 8.22. The van der Waals surface area contributed by atoms with E-state index in [0.717, 1.165) is 18.5 Å². The minimum atomic E-state index is 0.163. The molecule has 1 fully saturated rings. The summed E-state index contributed by atoms with van der Waals surface area (Å²) in [5, 5.41) is 5.36. The van der Waals surface area contributed by atoms with Crippen molar-refractivity contribution in [1.82, 2.24) is 0 Å². The molecule has 0 saturated heterocycles. The van der Waals surface area contributed by atoms with Gasteiger partial charge in [-0.1, -0.05) is 29.8 Å². The van der Waals surface area contributed by atoms with Gasteiger partial charge in [0.2, 0.25) is 5.91 Å². The smallest absolute Gasteiger partial charge is 0.227 e. The topological polar surface area (TPSA) is 29.1 Å². The monoisotopic (exact) mass is 225 g/mol. The summed E-state index contributed by atoms with van der Waals surface area (Å²) in [6, 6.07) is 12.4. The molecule has 1 N–H and O–H groups in total. The first kappa shape index (κ1) is 10.3. The lowest BCUT2D eigenvalue weighted by Gasteiger charge is -2.06. The first-order valence-corrected chi connectivity index (χ1v) is 6.04. The minimum absolute atomic E-state index is 0.163. The summed E-state index contributed by atoms with van der Waals surface area (Å²) >= 11 is 0. The lowest BCUT2D eigenvalue weighted by atomic mass is 10.1. The Balaban J connectivity index is 1.90. The van der Waals surface area contributed by atoms with Crippen LogP contribution in [0.3, 0.4) is 0 Å². The fourth-order valence-corrected chi connectivity index (χ4v) is 2.03. The lowest BCUT2D eigenvalue weighted by Crippen LogP contribution is -2.12. The molecule has 0 spiro atoms. The Kier molecular flexibility index (Phi) is 2.36. The Bertz CT molecular complexity index is 584. The number of fused-ring (bicyclic) bond motifs is 1. The van der Waals surface area contributed by atoms with Crippen molar-refractivity contribution in [2.24, 2.45) is 5.92 Å². The molecule has 86 valence electrons. The summed E-state index contributed by atoms with van der Waals surface area (Å²) in [5.74, 6) is 0.417. The lowest BCUT2D eigenvalue weighted by molar-refractivity contribution is -0.117. The Morgan fingerprint density at radius 1 is 1.12 bits per heavy atom. The predicted octanol–water partition coefficient (Wildman–Crippen LogP) is 3.50. The molecule has 3 rings (SSSR count). The van der Waals surface area contributed by atoms with E-state index in [4.69, 9.17) is 0 Å². The molecule has 1 saturated carbocycles. The number of aryl methyl sites for hydroxylation is 1. The van der Waals surface area contributed by atoms with Gasteiger partial charge in [-0.25, -0.2) is 0 Å². The van der Waals surface area contributed by atoms with Crippen LogP contribution >= 0.6 is 0 Å². The van der Waals surface area contributed by atoms with Crippen molar-refractivity contribution >= 4 is 22.4 Å². The third kappa shape index (κ3) is 2.16. The molecule has 0 aliphatic heterocycles. The van der Waals surface area contributed by atoms with E-state index in [0.29, 0.717) is 0 Å². The van der Waals surface area contributed by atoms with Crippen LogP contribution in [0.1, 0.15) is 18.4 Å². The maximum absolute atomic E-state index is 11.7. The molecule has 17 heavy (non-hydrogen) atoms. The van der Waals surface area contributed by atoms with Gasteiger partial charge in [0.1, 0.15) is 0 Å². The molecule has 1 aliphatic rings. The Hall–Kier alpha value is -1.83. The van der Waals surface area contributed by atoms with E-state index in [1.807, 2.05) is 12.1 Å². The largest absolute Gasteiger partial charge is 0.326 e. The molecule has 1 aliphatic carbocycles. The number of hydrogen-bond donors (Lipinski definition) is 1. The highest BCUT2D eigenvalue weighted by Crippen LogP contribution is 2.30. The van der Waals surface area contributed by atoms with Gasteiger partial charge >= 0.3 is 0 Å². The molecule has 0 atom stereocenters. The van der Waals surface area contributed by atoms with Crippen LogP contribution in [0, 0.1) is 12.8 Å². The summed E-state index contributed by atoms with van der Waals surface area (Å²) in [7, 11) is 0. The molecule has 1 amide bonds. The molecule has 0 radical (unpaired) electrons. The molecule has 2 aromatic carbocycles. The Morgan fingerprint density at radius 3 is 2.59 bits per heavy atom. The van der Waals surface area contributed by atoms with E-state index in [1.165, 1.54) is 16.3 Å². The highest BCUT2D eigenvalue weighted by molar-refractivity contribution is 5.96. The number of amides is 1. The summed E-state index contributed by atoms with van der Waals surface area (Å²) in [5.41, 5.74) is 2.16. The molecule has 0 unspecified atom stereocenters. The quantitative estimate of drug-likeness (QED) is 0.832. The number of carbonyl (C=O) groups is 1. The maximum Gasteiger partial charge on any atom is 0.227 e. The van der Waals surface area contributed by atoms with E-state index in [-0.39, 0.29) is 11.8 Å². The zero-order chi connectivity index (χ0) is 11.8. The Morgan fingerprint density at radius 2 is 1.82 bits per heavy atom. The summed E-state index contributed by atoms with van der Waals surface area (Å²) in [6.07, 6.45) is 2.08. The van der Waals surface area contributed by atoms with Crippen LogP contribution in [0.25, 0.3) is 10.8 Å². The standard InChI is InChI=1S/C15H15NO/c1-10-2-3-13-9-14(7-6-12(13)8-10)16-15(17)11-4-5-11/h2-3,6-9,11H,4-5H2,1H3,(H,16,17). The van der Waals surface area contributed by atoms with Crippen LogP contribution in [0.2, 0.25) is 0 Å². The molecule has 0 aromatic heterocycles. The van der Waals surface area contributed by atoms with E-state index >= 15 is 0 Å². The van der Waals surface area contributed by atoms with Gasteiger partial charge in [0, 0.05) is 11.6 Å². The third-order valence-corrected chi connectivity index (χ3v) is 3.21. The summed E-state index contributed by atoms with van der Waals surface area (Å²) in [6.45, 7) is 2.09. The second-order valence-electron chi connectivity index (χ2n) is 4.83. The van der Waals surface area contributed by atoms with Crippen molar-refractivity contribution in [1.29, 1.82) is 0 Å². The minimum Gasteiger partial charge on any atom is -0.326 e. The molecular weight excluding hydrogens is 210 g/mol. The van der Waals surface area contributed by atoms with Crippen LogP contribution in [0.15, 0.2) is 36.4 Å². The number of benzene rings is 2. The van der Waals surface area contributed by atoms with Gasteiger partial charge in [-0.05, 0) is 42.7 Å². The van der Waals surface area contributed by atoms with Crippen LogP contribution in [0.5, 0.6) is 0 Å². The van der Waals surface area contributed by atoms with Crippen molar-refractivity contribution in [2.45, 2.75) is 19.8 Å². The second kappa shape index (κ2) is 3.88. The number of carbonyl (C=O) groups excluding carboxylic acids is 1. The van der Waals surface area contributed by atoms with Gasteiger partial charge in [-0.15, -0.1) is 0 Å². The van der Waals surface area contributed by atoms with Crippen molar-refractivity contribution in [3.05, 3.63) is 42.0 Å². The first-order valence-electron chi connectivity index (χ1n) is 6.04. The fourth-order valence-electron chi connectivity index (χ4n) is 2.03. The molecule has 2 heteroatoms. The molecular formula is C15H15NO. The third-order valence-electron chi connectivity index (χ3n) is 3.21. The van der Waals surface area contributed by atoms with E-state index < -0.39 is 0 Å². The number of anilines is 1. The molecule has 2 nitrogen and oxygen atoms in total. The number of rotatable bonds is 2. The van der Waals surface area contributed by atoms with Gasteiger partial charge in [0.15, 0.2) is 0 Å².